The predicted molar refractivity (Wildman–Crippen MR) is 49.7 cm³/mol. The smallest absolute Gasteiger partial charge is 0.240 e. The number of aryl methyl sites for hydroxylation is 1. The van der Waals surface area contributed by atoms with Crippen molar-refractivity contribution in [2.75, 3.05) is 19.8 Å². The molecule has 0 amide bonds. The summed E-state index contributed by atoms with van der Waals surface area (Å²) in [5.41, 5.74) is 0.287. The first-order chi connectivity index (χ1) is 6.68. The highest BCUT2D eigenvalue weighted by atomic mass is 16.5. The Hall–Kier alpha value is -0.940. The normalized spacial score (nSPS) is 19.3. The summed E-state index contributed by atoms with van der Waals surface area (Å²) in [4.78, 5) is 4.10. The Labute approximate surface area is 82.8 Å². The van der Waals surface area contributed by atoms with Crippen LogP contribution in [0.15, 0.2) is 4.52 Å². The van der Waals surface area contributed by atoms with E-state index in [-0.39, 0.29) is 5.41 Å². The van der Waals surface area contributed by atoms with Gasteiger partial charge in [-0.15, -0.1) is 0 Å². The molecule has 1 aliphatic rings. The van der Waals surface area contributed by atoms with Gasteiger partial charge in [0.2, 0.25) is 5.89 Å². The molecule has 0 bridgehead atoms. The molecule has 1 N–H and O–H groups in total. The van der Waals surface area contributed by atoms with Crippen LogP contribution in [0.4, 0.5) is 0 Å². The van der Waals surface area contributed by atoms with Gasteiger partial charge in [0, 0.05) is 12.0 Å². The Morgan fingerprint density at radius 1 is 1.50 bits per heavy atom. The monoisotopic (exact) mass is 197 g/mol. The zero-order valence-corrected chi connectivity index (χ0v) is 8.54. The SMILES string of the molecule is Cc1noc(CNCC2(C)COC2)n1. The van der Waals surface area contributed by atoms with E-state index in [1.54, 1.807) is 0 Å². The number of ether oxygens (including phenoxy) is 1. The quantitative estimate of drug-likeness (QED) is 0.761. The molecule has 0 aliphatic carbocycles. The van der Waals surface area contributed by atoms with Crippen LogP contribution in [-0.2, 0) is 11.3 Å². The van der Waals surface area contributed by atoms with E-state index in [1.165, 1.54) is 0 Å². The molecule has 1 aromatic heterocycles. The standard InChI is InChI=1S/C9H15N3O2/c1-7-11-8(14-12-7)3-10-4-9(2)5-13-6-9/h10H,3-6H2,1-2H3. The van der Waals surface area contributed by atoms with Gasteiger partial charge in [-0.1, -0.05) is 12.1 Å². The Balaban J connectivity index is 1.72. The molecular weight excluding hydrogens is 182 g/mol. The van der Waals surface area contributed by atoms with Gasteiger partial charge in [0.05, 0.1) is 19.8 Å². The van der Waals surface area contributed by atoms with E-state index >= 15 is 0 Å². The molecule has 78 valence electrons. The van der Waals surface area contributed by atoms with Crippen molar-refractivity contribution in [1.29, 1.82) is 0 Å². The first kappa shape index (κ1) is 9.61. The van der Waals surface area contributed by atoms with Crippen LogP contribution in [0.1, 0.15) is 18.6 Å². The minimum Gasteiger partial charge on any atom is -0.380 e. The molecule has 5 heteroatoms. The van der Waals surface area contributed by atoms with Gasteiger partial charge < -0.3 is 14.6 Å². The van der Waals surface area contributed by atoms with E-state index in [2.05, 4.69) is 22.4 Å². The molecule has 0 radical (unpaired) electrons. The van der Waals surface area contributed by atoms with Crippen LogP contribution in [0, 0.1) is 12.3 Å². The van der Waals surface area contributed by atoms with Crippen LogP contribution in [0.3, 0.4) is 0 Å². The summed E-state index contributed by atoms with van der Waals surface area (Å²) >= 11 is 0. The molecule has 5 nitrogen and oxygen atoms in total. The van der Waals surface area contributed by atoms with Crippen molar-refractivity contribution in [3.8, 4) is 0 Å². The van der Waals surface area contributed by atoms with E-state index in [4.69, 9.17) is 9.26 Å². The van der Waals surface area contributed by atoms with Gasteiger partial charge in [0.15, 0.2) is 5.82 Å². The maximum Gasteiger partial charge on any atom is 0.240 e. The highest BCUT2D eigenvalue weighted by Crippen LogP contribution is 2.25. The predicted octanol–water partition coefficient (Wildman–Crippen LogP) is 0.504. The molecule has 1 aromatic rings. The van der Waals surface area contributed by atoms with Crippen molar-refractivity contribution in [3.63, 3.8) is 0 Å². The molecule has 0 unspecified atom stereocenters. The topological polar surface area (TPSA) is 60.2 Å². The molecular formula is C9H15N3O2. The van der Waals surface area contributed by atoms with Crippen LogP contribution in [0.2, 0.25) is 0 Å². The summed E-state index contributed by atoms with van der Waals surface area (Å²) in [6.07, 6.45) is 0. The lowest BCUT2D eigenvalue weighted by Gasteiger charge is -2.38. The summed E-state index contributed by atoms with van der Waals surface area (Å²) in [6, 6.07) is 0. The number of hydrogen-bond acceptors (Lipinski definition) is 5. The minimum atomic E-state index is 0.287. The molecule has 0 saturated carbocycles. The molecule has 0 aromatic carbocycles. The lowest BCUT2D eigenvalue weighted by molar-refractivity contribution is -0.0993. The number of hydrogen-bond donors (Lipinski definition) is 1. The van der Waals surface area contributed by atoms with Gasteiger partial charge in [-0.3, -0.25) is 0 Å². The van der Waals surface area contributed by atoms with Gasteiger partial charge in [0.1, 0.15) is 0 Å². The van der Waals surface area contributed by atoms with Crippen LogP contribution >= 0.6 is 0 Å². The average molecular weight is 197 g/mol. The van der Waals surface area contributed by atoms with Crippen molar-refractivity contribution in [2.24, 2.45) is 5.41 Å². The van der Waals surface area contributed by atoms with E-state index < -0.39 is 0 Å². The van der Waals surface area contributed by atoms with E-state index in [0.29, 0.717) is 18.3 Å². The van der Waals surface area contributed by atoms with Crippen LogP contribution < -0.4 is 5.32 Å². The van der Waals surface area contributed by atoms with Crippen molar-refractivity contribution in [1.82, 2.24) is 15.5 Å². The summed E-state index contributed by atoms with van der Waals surface area (Å²) in [6.45, 7) is 7.24. The second-order valence-corrected chi connectivity index (χ2v) is 4.14. The highest BCUT2D eigenvalue weighted by molar-refractivity contribution is 4.86. The fourth-order valence-corrected chi connectivity index (χ4v) is 1.44. The molecule has 0 spiro atoms. The molecule has 2 heterocycles. The Morgan fingerprint density at radius 2 is 2.29 bits per heavy atom. The summed E-state index contributed by atoms with van der Waals surface area (Å²) in [5.74, 6) is 1.33. The molecule has 1 fully saturated rings. The molecule has 1 aliphatic heterocycles. The van der Waals surface area contributed by atoms with E-state index in [1.807, 2.05) is 6.92 Å². The van der Waals surface area contributed by atoms with Gasteiger partial charge in [0.25, 0.3) is 0 Å². The Kier molecular flexibility index (Phi) is 2.52. The van der Waals surface area contributed by atoms with Crippen LogP contribution in [-0.4, -0.2) is 29.9 Å². The molecule has 14 heavy (non-hydrogen) atoms. The number of nitrogens with one attached hydrogen (secondary N) is 1. The third kappa shape index (κ3) is 2.10. The van der Waals surface area contributed by atoms with Gasteiger partial charge in [-0.25, -0.2) is 0 Å². The van der Waals surface area contributed by atoms with Crippen LogP contribution in [0.5, 0.6) is 0 Å². The van der Waals surface area contributed by atoms with Gasteiger partial charge in [-0.05, 0) is 6.92 Å². The summed E-state index contributed by atoms with van der Waals surface area (Å²) in [5, 5.41) is 7.00. The third-order valence-corrected chi connectivity index (χ3v) is 2.30. The zero-order chi connectivity index (χ0) is 10.0. The number of rotatable bonds is 4. The minimum absolute atomic E-state index is 0.287. The van der Waals surface area contributed by atoms with E-state index in [9.17, 15) is 0 Å². The zero-order valence-electron chi connectivity index (χ0n) is 8.54. The molecule has 1 saturated heterocycles. The molecule has 2 rings (SSSR count). The van der Waals surface area contributed by atoms with Gasteiger partial charge >= 0.3 is 0 Å². The van der Waals surface area contributed by atoms with Crippen molar-refractivity contribution < 1.29 is 9.26 Å². The number of aromatic nitrogens is 2. The van der Waals surface area contributed by atoms with Crippen molar-refractivity contribution in [2.45, 2.75) is 20.4 Å². The fraction of sp³-hybridized carbons (Fsp3) is 0.778. The second-order valence-electron chi connectivity index (χ2n) is 4.14. The first-order valence-electron chi connectivity index (χ1n) is 4.76. The third-order valence-electron chi connectivity index (χ3n) is 2.30. The Bertz CT molecular complexity index is 307. The van der Waals surface area contributed by atoms with Gasteiger partial charge in [-0.2, -0.15) is 4.98 Å². The summed E-state index contributed by atoms with van der Waals surface area (Å²) in [7, 11) is 0. The maximum atomic E-state index is 5.15. The Morgan fingerprint density at radius 3 is 2.79 bits per heavy atom. The fourth-order valence-electron chi connectivity index (χ4n) is 1.44. The lowest BCUT2D eigenvalue weighted by atomic mass is 9.89. The van der Waals surface area contributed by atoms with E-state index in [0.717, 1.165) is 19.8 Å². The maximum absolute atomic E-state index is 5.15. The first-order valence-corrected chi connectivity index (χ1v) is 4.76. The van der Waals surface area contributed by atoms with Crippen molar-refractivity contribution >= 4 is 0 Å². The average Bonchev–Trinajstić information content (AvgIpc) is 2.49. The summed E-state index contributed by atoms with van der Waals surface area (Å²) < 4.78 is 10.1. The number of nitrogens with zero attached hydrogens (tertiary/aromatic N) is 2. The van der Waals surface area contributed by atoms with Crippen LogP contribution in [0.25, 0.3) is 0 Å². The highest BCUT2D eigenvalue weighted by Gasteiger charge is 2.32. The molecule has 0 atom stereocenters. The largest absolute Gasteiger partial charge is 0.380 e. The second kappa shape index (κ2) is 3.67. The van der Waals surface area contributed by atoms with Crippen molar-refractivity contribution in [3.05, 3.63) is 11.7 Å². The lowest BCUT2D eigenvalue weighted by Crippen LogP contribution is -2.47.